The first-order valence-corrected chi connectivity index (χ1v) is 6.11. The van der Waals surface area contributed by atoms with E-state index in [1.807, 2.05) is 36.4 Å². The average molecular weight is 260 g/mol. The fourth-order valence-electron chi connectivity index (χ4n) is 1.84. The van der Waals surface area contributed by atoms with Crippen LogP contribution in [-0.4, -0.2) is 17.5 Å². The lowest BCUT2D eigenvalue weighted by atomic mass is 9.91. The van der Waals surface area contributed by atoms with E-state index in [9.17, 15) is 4.79 Å². The van der Waals surface area contributed by atoms with Crippen molar-refractivity contribution in [3.8, 4) is 18.4 Å². The standard InChI is InChI=1S/C17H12N2O/c1-2-17(10-8-16(20)15(12-17)13-18)19-11-9-14-6-4-3-5-7-14/h1,3-8,10-12H,9H2/b19-11+. The second kappa shape index (κ2) is 5.82. The minimum absolute atomic E-state index is 0.0299. The van der Waals surface area contributed by atoms with E-state index in [-0.39, 0.29) is 11.4 Å². The van der Waals surface area contributed by atoms with Gasteiger partial charge in [-0.15, -0.1) is 6.42 Å². The van der Waals surface area contributed by atoms with Crippen molar-refractivity contribution in [3.05, 3.63) is 59.7 Å². The van der Waals surface area contributed by atoms with E-state index < -0.39 is 5.54 Å². The summed E-state index contributed by atoms with van der Waals surface area (Å²) in [5.74, 6) is 2.19. The quantitative estimate of drug-likeness (QED) is 0.618. The van der Waals surface area contributed by atoms with Crippen molar-refractivity contribution >= 4 is 12.0 Å². The van der Waals surface area contributed by atoms with Gasteiger partial charge in [0.2, 0.25) is 0 Å². The Morgan fingerprint density at radius 3 is 2.75 bits per heavy atom. The third-order valence-corrected chi connectivity index (χ3v) is 2.95. The number of aliphatic imine (C=N–C) groups is 1. The molecule has 0 spiro atoms. The third-order valence-electron chi connectivity index (χ3n) is 2.95. The molecule has 1 aliphatic carbocycles. The maximum absolute atomic E-state index is 11.4. The average Bonchev–Trinajstić information content (AvgIpc) is 2.50. The summed E-state index contributed by atoms with van der Waals surface area (Å²) in [6.45, 7) is 0. The molecule has 1 atom stereocenters. The van der Waals surface area contributed by atoms with Crippen molar-refractivity contribution in [3.63, 3.8) is 0 Å². The largest absolute Gasteiger partial charge is 0.289 e. The van der Waals surface area contributed by atoms with E-state index >= 15 is 0 Å². The van der Waals surface area contributed by atoms with Gasteiger partial charge in [-0.2, -0.15) is 5.26 Å². The maximum atomic E-state index is 11.4. The number of hydrogen-bond donors (Lipinski definition) is 0. The second-order valence-electron chi connectivity index (χ2n) is 4.34. The molecular weight excluding hydrogens is 248 g/mol. The van der Waals surface area contributed by atoms with Crippen LogP contribution < -0.4 is 0 Å². The number of rotatable bonds is 3. The van der Waals surface area contributed by atoms with Gasteiger partial charge in [0, 0.05) is 12.6 Å². The molecular formula is C17H12N2O. The minimum atomic E-state index is -1.03. The molecule has 0 saturated heterocycles. The van der Waals surface area contributed by atoms with Crippen LogP contribution in [0.15, 0.2) is 59.1 Å². The highest BCUT2D eigenvalue weighted by Crippen LogP contribution is 2.21. The summed E-state index contributed by atoms with van der Waals surface area (Å²) < 4.78 is 0. The first-order chi connectivity index (χ1) is 9.69. The van der Waals surface area contributed by atoms with Crippen molar-refractivity contribution in [2.24, 2.45) is 4.99 Å². The molecule has 96 valence electrons. The molecule has 1 aromatic carbocycles. The summed E-state index contributed by atoms with van der Waals surface area (Å²) in [7, 11) is 0. The van der Waals surface area contributed by atoms with Gasteiger partial charge in [0.25, 0.3) is 0 Å². The lowest BCUT2D eigenvalue weighted by molar-refractivity contribution is -0.111. The number of nitrogens with zero attached hydrogens (tertiary/aromatic N) is 2. The van der Waals surface area contributed by atoms with E-state index in [1.54, 1.807) is 6.21 Å². The Labute approximate surface area is 118 Å². The number of nitriles is 1. The van der Waals surface area contributed by atoms with E-state index in [4.69, 9.17) is 11.7 Å². The molecule has 0 aromatic heterocycles. The number of carbonyl (C=O) groups is 1. The predicted octanol–water partition coefficient (Wildman–Crippen LogP) is 2.26. The zero-order valence-corrected chi connectivity index (χ0v) is 10.8. The molecule has 1 aliphatic rings. The van der Waals surface area contributed by atoms with Gasteiger partial charge in [0.1, 0.15) is 6.07 Å². The van der Waals surface area contributed by atoms with Crippen LogP contribution >= 0.6 is 0 Å². The van der Waals surface area contributed by atoms with Gasteiger partial charge in [-0.1, -0.05) is 36.3 Å². The molecule has 1 aromatic rings. The molecule has 0 heterocycles. The second-order valence-corrected chi connectivity index (χ2v) is 4.34. The van der Waals surface area contributed by atoms with Crippen LogP contribution in [0.25, 0.3) is 0 Å². The Morgan fingerprint density at radius 1 is 1.35 bits per heavy atom. The molecule has 0 aliphatic heterocycles. The van der Waals surface area contributed by atoms with E-state index in [0.717, 1.165) is 5.56 Å². The third kappa shape index (κ3) is 2.91. The SMILES string of the molecule is C#CC1(/N=C/Cc2ccccc2)C=CC(=O)C(C#N)=C1. The molecule has 2 rings (SSSR count). The Kier molecular flexibility index (Phi) is 3.93. The first kappa shape index (κ1) is 13.5. The predicted molar refractivity (Wildman–Crippen MR) is 78.0 cm³/mol. The van der Waals surface area contributed by atoms with Crippen LogP contribution in [0.5, 0.6) is 0 Å². The summed E-state index contributed by atoms with van der Waals surface area (Å²) in [4.78, 5) is 15.8. The molecule has 0 saturated carbocycles. The van der Waals surface area contributed by atoms with Gasteiger partial charge in [0.15, 0.2) is 11.3 Å². The summed E-state index contributed by atoms with van der Waals surface area (Å²) in [6.07, 6.45) is 12.1. The van der Waals surface area contributed by atoms with Crippen molar-refractivity contribution in [1.82, 2.24) is 0 Å². The smallest absolute Gasteiger partial charge is 0.195 e. The van der Waals surface area contributed by atoms with Crippen LogP contribution in [0.4, 0.5) is 0 Å². The molecule has 3 heteroatoms. The Hall–Kier alpha value is -2.91. The molecule has 20 heavy (non-hydrogen) atoms. The summed E-state index contributed by atoms with van der Waals surface area (Å²) in [5.41, 5.74) is 0.111. The Balaban J connectivity index is 2.20. The highest BCUT2D eigenvalue weighted by atomic mass is 16.1. The lowest BCUT2D eigenvalue weighted by Gasteiger charge is -2.18. The fourth-order valence-corrected chi connectivity index (χ4v) is 1.84. The highest BCUT2D eigenvalue weighted by Gasteiger charge is 2.26. The number of ketones is 1. The molecule has 0 bridgehead atoms. The number of hydrogen-bond acceptors (Lipinski definition) is 3. The van der Waals surface area contributed by atoms with Crippen LogP contribution in [0.2, 0.25) is 0 Å². The van der Waals surface area contributed by atoms with Crippen LogP contribution in [0.3, 0.4) is 0 Å². The molecule has 1 unspecified atom stereocenters. The first-order valence-electron chi connectivity index (χ1n) is 6.11. The monoisotopic (exact) mass is 260 g/mol. The zero-order chi connectivity index (χ0) is 14.4. The number of allylic oxidation sites excluding steroid dienone is 2. The zero-order valence-electron chi connectivity index (χ0n) is 10.8. The van der Waals surface area contributed by atoms with Crippen LogP contribution in [0, 0.1) is 23.7 Å². The van der Waals surface area contributed by atoms with Gasteiger partial charge in [0.05, 0.1) is 5.57 Å². The number of benzene rings is 1. The molecule has 3 nitrogen and oxygen atoms in total. The fraction of sp³-hybridized carbons (Fsp3) is 0.118. The summed E-state index contributed by atoms with van der Waals surface area (Å²) in [6, 6.07) is 11.7. The van der Waals surface area contributed by atoms with Crippen molar-refractivity contribution in [1.29, 1.82) is 5.26 Å². The molecule has 0 radical (unpaired) electrons. The van der Waals surface area contributed by atoms with Gasteiger partial charge in [-0.05, 0) is 23.8 Å². The topological polar surface area (TPSA) is 53.2 Å². The maximum Gasteiger partial charge on any atom is 0.195 e. The minimum Gasteiger partial charge on any atom is -0.289 e. The number of terminal acetylenes is 1. The lowest BCUT2D eigenvalue weighted by Crippen LogP contribution is -2.24. The molecule has 0 N–H and O–H groups in total. The molecule has 0 amide bonds. The Bertz CT molecular complexity index is 684. The summed E-state index contributed by atoms with van der Waals surface area (Å²) in [5, 5.41) is 8.90. The van der Waals surface area contributed by atoms with E-state index in [0.29, 0.717) is 6.42 Å². The van der Waals surface area contributed by atoms with Gasteiger partial charge >= 0.3 is 0 Å². The normalized spacial score (nSPS) is 21.3. The Morgan fingerprint density at radius 2 is 2.10 bits per heavy atom. The molecule has 0 fully saturated rings. The van der Waals surface area contributed by atoms with Gasteiger partial charge in [-0.25, -0.2) is 0 Å². The summed E-state index contributed by atoms with van der Waals surface area (Å²) >= 11 is 0. The van der Waals surface area contributed by atoms with E-state index in [1.165, 1.54) is 18.2 Å². The van der Waals surface area contributed by atoms with Crippen LogP contribution in [0.1, 0.15) is 5.56 Å². The van der Waals surface area contributed by atoms with Crippen molar-refractivity contribution in [2.75, 3.05) is 0 Å². The van der Waals surface area contributed by atoms with Crippen molar-refractivity contribution < 1.29 is 4.79 Å². The van der Waals surface area contributed by atoms with Crippen molar-refractivity contribution in [2.45, 2.75) is 12.0 Å². The van der Waals surface area contributed by atoms with E-state index in [2.05, 4.69) is 10.9 Å². The highest BCUT2D eigenvalue weighted by molar-refractivity contribution is 6.08. The van der Waals surface area contributed by atoms with Gasteiger partial charge in [-0.3, -0.25) is 9.79 Å². The number of carbonyl (C=O) groups excluding carboxylic acids is 1. The van der Waals surface area contributed by atoms with Gasteiger partial charge < -0.3 is 0 Å². The van der Waals surface area contributed by atoms with Crippen LogP contribution in [-0.2, 0) is 11.2 Å².